The number of carbonyl (C=O) groups is 2. The van der Waals surface area contributed by atoms with Crippen molar-refractivity contribution in [1.29, 1.82) is 0 Å². The highest BCUT2D eigenvalue weighted by molar-refractivity contribution is 7.89. The van der Waals surface area contributed by atoms with E-state index in [2.05, 4.69) is 0 Å². The molecule has 0 saturated carbocycles. The van der Waals surface area contributed by atoms with E-state index in [1.807, 2.05) is 24.3 Å². The van der Waals surface area contributed by atoms with E-state index in [0.717, 1.165) is 42.3 Å². The van der Waals surface area contributed by atoms with E-state index in [1.54, 1.807) is 4.90 Å². The van der Waals surface area contributed by atoms with Gasteiger partial charge in [-0.1, -0.05) is 18.2 Å². The second kappa shape index (κ2) is 9.58. The molecule has 1 amide bonds. The molecule has 0 aromatic heterocycles. The zero-order valence-electron chi connectivity index (χ0n) is 18.2. The summed E-state index contributed by atoms with van der Waals surface area (Å²) in [6.45, 7) is 2.76. The van der Waals surface area contributed by atoms with Crippen LogP contribution in [0.5, 0.6) is 0 Å². The Kier molecular flexibility index (Phi) is 6.78. The summed E-state index contributed by atoms with van der Waals surface area (Å²) in [6, 6.07) is 10.5. The summed E-state index contributed by atoms with van der Waals surface area (Å²) in [7, 11) is -3.93. The fourth-order valence-corrected chi connectivity index (χ4v) is 5.45. The molecule has 0 spiro atoms. The molecule has 10 heteroatoms. The van der Waals surface area contributed by atoms with Crippen LogP contribution < -0.4 is 4.90 Å². The maximum Gasteiger partial charge on any atom is 0.341 e. The van der Waals surface area contributed by atoms with E-state index in [1.165, 1.54) is 11.2 Å². The second-order valence-electron chi connectivity index (χ2n) is 7.93. The van der Waals surface area contributed by atoms with Crippen molar-refractivity contribution in [3.05, 3.63) is 59.4 Å². The zero-order valence-corrected chi connectivity index (χ0v) is 19.0. The SMILES string of the molecule is C[C@H](OC(=O)c1cc(S(=O)(=O)N2CCOCC2)ccc1F)C(=O)N1CCCc2ccccc21. The molecule has 2 aromatic carbocycles. The Balaban J connectivity index is 1.52. The van der Waals surface area contributed by atoms with Crippen LogP contribution in [0.4, 0.5) is 10.1 Å². The van der Waals surface area contributed by atoms with E-state index >= 15 is 0 Å². The van der Waals surface area contributed by atoms with Crippen molar-refractivity contribution >= 4 is 27.6 Å². The van der Waals surface area contributed by atoms with Gasteiger partial charge in [0.15, 0.2) is 6.10 Å². The number of morpholine rings is 1. The number of rotatable bonds is 5. The summed E-state index contributed by atoms with van der Waals surface area (Å²) in [5, 5.41) is 0. The molecule has 1 saturated heterocycles. The van der Waals surface area contributed by atoms with Crippen LogP contribution in [0.1, 0.15) is 29.3 Å². The van der Waals surface area contributed by atoms with Gasteiger partial charge < -0.3 is 14.4 Å². The Bertz CT molecular complexity index is 1160. The van der Waals surface area contributed by atoms with Crippen LogP contribution in [0.3, 0.4) is 0 Å². The van der Waals surface area contributed by atoms with Crippen molar-refractivity contribution < 1.29 is 31.9 Å². The summed E-state index contributed by atoms with van der Waals surface area (Å²) in [6.07, 6.45) is 0.450. The molecular formula is C23H25FN2O6S. The Morgan fingerprint density at radius 1 is 1.09 bits per heavy atom. The lowest BCUT2D eigenvalue weighted by atomic mass is 10.0. The van der Waals surface area contributed by atoms with Gasteiger partial charge in [0.1, 0.15) is 5.82 Å². The number of amides is 1. The fourth-order valence-electron chi connectivity index (χ4n) is 4.01. The number of esters is 1. The van der Waals surface area contributed by atoms with Crippen molar-refractivity contribution in [1.82, 2.24) is 4.31 Å². The van der Waals surface area contributed by atoms with E-state index < -0.39 is 39.4 Å². The molecule has 0 aliphatic carbocycles. The Labute approximate surface area is 191 Å². The third-order valence-corrected chi connectivity index (χ3v) is 7.67. The van der Waals surface area contributed by atoms with Gasteiger partial charge in [-0.3, -0.25) is 4.79 Å². The number of ether oxygens (including phenoxy) is 2. The molecule has 8 nitrogen and oxygen atoms in total. The predicted octanol–water partition coefficient (Wildman–Crippen LogP) is 2.37. The Morgan fingerprint density at radius 2 is 1.82 bits per heavy atom. The van der Waals surface area contributed by atoms with Gasteiger partial charge in [-0.15, -0.1) is 0 Å². The maximum absolute atomic E-state index is 14.4. The number of para-hydroxylation sites is 1. The fraction of sp³-hybridized carbons (Fsp3) is 0.391. The third-order valence-electron chi connectivity index (χ3n) is 5.77. The average Bonchev–Trinajstić information content (AvgIpc) is 2.83. The van der Waals surface area contributed by atoms with Crippen LogP contribution in [-0.4, -0.2) is 63.6 Å². The number of benzene rings is 2. The van der Waals surface area contributed by atoms with Gasteiger partial charge in [0.2, 0.25) is 10.0 Å². The van der Waals surface area contributed by atoms with Gasteiger partial charge in [0, 0.05) is 25.3 Å². The molecule has 2 aliphatic rings. The molecule has 2 aliphatic heterocycles. The minimum Gasteiger partial charge on any atom is -0.449 e. The molecule has 0 N–H and O–H groups in total. The largest absolute Gasteiger partial charge is 0.449 e. The van der Waals surface area contributed by atoms with Crippen molar-refractivity contribution in [2.24, 2.45) is 0 Å². The van der Waals surface area contributed by atoms with Gasteiger partial charge in [0.25, 0.3) is 5.91 Å². The highest BCUT2D eigenvalue weighted by atomic mass is 32.2. The number of nitrogens with zero attached hydrogens (tertiary/aromatic N) is 2. The highest BCUT2D eigenvalue weighted by Gasteiger charge is 2.31. The maximum atomic E-state index is 14.4. The molecule has 1 atom stereocenters. The first kappa shape index (κ1) is 23.3. The first-order valence-corrected chi connectivity index (χ1v) is 12.2. The number of hydrogen-bond acceptors (Lipinski definition) is 6. The molecule has 2 aromatic rings. The van der Waals surface area contributed by atoms with Crippen LogP contribution >= 0.6 is 0 Å². The van der Waals surface area contributed by atoms with Gasteiger partial charge in [-0.25, -0.2) is 17.6 Å². The standard InChI is InChI=1S/C23H25FN2O6S/c1-16(22(27)26-10-4-6-17-5-2-3-7-21(17)26)32-23(28)19-15-18(8-9-20(19)24)33(29,30)25-11-13-31-14-12-25/h2-3,5,7-9,15-16H,4,6,10-14H2,1H3/t16-/m0/s1. The Hall–Kier alpha value is -2.82. The minimum atomic E-state index is -3.93. The molecule has 2 heterocycles. The van der Waals surface area contributed by atoms with Crippen molar-refractivity contribution in [2.75, 3.05) is 37.7 Å². The number of carbonyl (C=O) groups excluding carboxylic acids is 2. The molecule has 1 fully saturated rings. The lowest BCUT2D eigenvalue weighted by Gasteiger charge is -2.31. The molecule has 0 unspecified atom stereocenters. The highest BCUT2D eigenvalue weighted by Crippen LogP contribution is 2.28. The number of hydrogen-bond donors (Lipinski definition) is 0. The number of sulfonamides is 1. The van der Waals surface area contributed by atoms with E-state index in [0.29, 0.717) is 6.54 Å². The molecule has 0 radical (unpaired) electrons. The smallest absolute Gasteiger partial charge is 0.341 e. The first-order chi connectivity index (χ1) is 15.8. The van der Waals surface area contributed by atoms with Gasteiger partial charge in [0.05, 0.1) is 23.7 Å². The molecule has 33 heavy (non-hydrogen) atoms. The van der Waals surface area contributed by atoms with Gasteiger partial charge in [-0.2, -0.15) is 4.31 Å². The molecule has 4 rings (SSSR count). The van der Waals surface area contributed by atoms with Crippen molar-refractivity contribution in [3.8, 4) is 0 Å². The van der Waals surface area contributed by atoms with Crippen LogP contribution in [0.15, 0.2) is 47.4 Å². The molecule has 176 valence electrons. The van der Waals surface area contributed by atoms with Gasteiger partial charge >= 0.3 is 5.97 Å². The summed E-state index contributed by atoms with van der Waals surface area (Å²) >= 11 is 0. The van der Waals surface area contributed by atoms with E-state index in [-0.39, 0.29) is 31.2 Å². The second-order valence-corrected chi connectivity index (χ2v) is 9.87. The molecular weight excluding hydrogens is 451 g/mol. The monoisotopic (exact) mass is 476 g/mol. The van der Waals surface area contributed by atoms with Crippen LogP contribution in [0.25, 0.3) is 0 Å². The van der Waals surface area contributed by atoms with E-state index in [9.17, 15) is 22.4 Å². The van der Waals surface area contributed by atoms with Crippen molar-refractivity contribution in [2.45, 2.75) is 30.8 Å². The zero-order chi connectivity index (χ0) is 23.6. The van der Waals surface area contributed by atoms with Crippen LogP contribution in [-0.2, 0) is 30.7 Å². The number of fused-ring (bicyclic) bond motifs is 1. The minimum absolute atomic E-state index is 0.169. The predicted molar refractivity (Wildman–Crippen MR) is 118 cm³/mol. The average molecular weight is 477 g/mol. The summed E-state index contributed by atoms with van der Waals surface area (Å²) in [4.78, 5) is 27.0. The topological polar surface area (TPSA) is 93.2 Å². The number of halogens is 1. The lowest BCUT2D eigenvalue weighted by Crippen LogP contribution is -2.43. The molecule has 0 bridgehead atoms. The lowest BCUT2D eigenvalue weighted by molar-refractivity contribution is -0.126. The van der Waals surface area contributed by atoms with Crippen LogP contribution in [0, 0.1) is 5.82 Å². The Morgan fingerprint density at radius 3 is 2.58 bits per heavy atom. The number of aryl methyl sites for hydroxylation is 1. The first-order valence-electron chi connectivity index (χ1n) is 10.8. The third kappa shape index (κ3) is 4.78. The summed E-state index contributed by atoms with van der Waals surface area (Å²) in [5.74, 6) is -2.45. The summed E-state index contributed by atoms with van der Waals surface area (Å²) < 4.78 is 51.8. The quantitative estimate of drug-likeness (QED) is 0.616. The number of anilines is 1. The van der Waals surface area contributed by atoms with Gasteiger partial charge in [-0.05, 0) is 49.6 Å². The summed E-state index contributed by atoms with van der Waals surface area (Å²) in [5.41, 5.74) is 1.26. The normalized spacial score (nSPS) is 17.8. The van der Waals surface area contributed by atoms with E-state index in [4.69, 9.17) is 9.47 Å². The van der Waals surface area contributed by atoms with Crippen molar-refractivity contribution in [3.63, 3.8) is 0 Å². The van der Waals surface area contributed by atoms with Crippen LogP contribution in [0.2, 0.25) is 0 Å².